The zero-order chi connectivity index (χ0) is 13.0. The molecule has 7 nitrogen and oxygen atoms in total. The molecular formula is C11H13N5O2. The molecule has 0 aliphatic rings. The Kier molecular flexibility index (Phi) is 3.61. The van der Waals surface area contributed by atoms with Crippen molar-refractivity contribution in [2.75, 3.05) is 0 Å². The smallest absolute Gasteiger partial charge is 0.305 e. The number of aliphatic carboxylic acids is 1. The fraction of sp³-hybridized carbons (Fsp3) is 0.364. The average Bonchev–Trinajstić information content (AvgIpc) is 2.77. The van der Waals surface area contributed by atoms with Crippen molar-refractivity contribution >= 4 is 5.97 Å². The standard InChI is InChI=1S/C11H13N5O2/c1-8(5-11(17)18)16-10(13-14-15-16)6-9-3-2-4-12-7-9/h2-4,7-8H,5-6H2,1H3,(H,17,18). The first-order chi connectivity index (χ1) is 8.66. The van der Waals surface area contributed by atoms with Gasteiger partial charge in [-0.3, -0.25) is 9.78 Å². The summed E-state index contributed by atoms with van der Waals surface area (Å²) in [5, 5.41) is 20.1. The summed E-state index contributed by atoms with van der Waals surface area (Å²) in [5.41, 5.74) is 0.982. The van der Waals surface area contributed by atoms with E-state index in [4.69, 9.17) is 5.11 Å². The third-order valence-corrected chi connectivity index (χ3v) is 2.53. The first-order valence-corrected chi connectivity index (χ1v) is 5.54. The van der Waals surface area contributed by atoms with Crippen LogP contribution in [0.4, 0.5) is 0 Å². The van der Waals surface area contributed by atoms with Crippen molar-refractivity contribution in [3.8, 4) is 0 Å². The lowest BCUT2D eigenvalue weighted by Gasteiger charge is -2.10. The lowest BCUT2D eigenvalue weighted by Crippen LogP contribution is -2.15. The van der Waals surface area contributed by atoms with Crippen LogP contribution in [0.2, 0.25) is 0 Å². The van der Waals surface area contributed by atoms with Crippen molar-refractivity contribution in [3.05, 3.63) is 35.9 Å². The second-order valence-electron chi connectivity index (χ2n) is 4.02. The predicted molar refractivity (Wildman–Crippen MR) is 61.8 cm³/mol. The lowest BCUT2D eigenvalue weighted by atomic mass is 10.2. The molecule has 0 aliphatic heterocycles. The molecule has 7 heteroatoms. The number of carboxylic acid groups (broad SMARTS) is 1. The molecule has 1 N–H and O–H groups in total. The SMILES string of the molecule is CC(CC(=O)O)n1nnnc1Cc1cccnc1. The maximum Gasteiger partial charge on any atom is 0.305 e. The number of tetrazole rings is 1. The third-order valence-electron chi connectivity index (χ3n) is 2.53. The highest BCUT2D eigenvalue weighted by atomic mass is 16.4. The molecule has 0 radical (unpaired) electrons. The second-order valence-corrected chi connectivity index (χ2v) is 4.02. The largest absolute Gasteiger partial charge is 0.481 e. The minimum Gasteiger partial charge on any atom is -0.481 e. The van der Waals surface area contributed by atoms with Gasteiger partial charge in [-0.1, -0.05) is 6.07 Å². The summed E-state index contributed by atoms with van der Waals surface area (Å²) in [6, 6.07) is 3.49. The number of hydrogen-bond acceptors (Lipinski definition) is 5. The summed E-state index contributed by atoms with van der Waals surface area (Å²) in [6.45, 7) is 1.78. The van der Waals surface area contributed by atoms with E-state index in [1.54, 1.807) is 24.0 Å². The molecule has 0 spiro atoms. The Morgan fingerprint density at radius 1 is 1.56 bits per heavy atom. The van der Waals surface area contributed by atoms with Crippen LogP contribution in [-0.4, -0.2) is 36.3 Å². The van der Waals surface area contributed by atoms with Gasteiger partial charge in [-0.25, -0.2) is 4.68 Å². The number of rotatable bonds is 5. The van der Waals surface area contributed by atoms with Gasteiger partial charge in [-0.05, 0) is 29.0 Å². The fourth-order valence-corrected chi connectivity index (χ4v) is 1.70. The highest BCUT2D eigenvalue weighted by Gasteiger charge is 2.16. The molecule has 1 atom stereocenters. The van der Waals surface area contributed by atoms with Crippen molar-refractivity contribution in [1.29, 1.82) is 0 Å². The number of hydrogen-bond donors (Lipinski definition) is 1. The molecular weight excluding hydrogens is 234 g/mol. The fourth-order valence-electron chi connectivity index (χ4n) is 1.70. The maximum absolute atomic E-state index is 10.7. The second kappa shape index (κ2) is 5.35. The molecule has 18 heavy (non-hydrogen) atoms. The van der Waals surface area contributed by atoms with Crippen LogP contribution in [0.25, 0.3) is 0 Å². The van der Waals surface area contributed by atoms with E-state index in [0.717, 1.165) is 5.56 Å². The first-order valence-electron chi connectivity index (χ1n) is 5.54. The molecule has 0 amide bonds. The van der Waals surface area contributed by atoms with Gasteiger partial charge < -0.3 is 5.11 Å². The number of aromatic nitrogens is 5. The molecule has 0 aliphatic carbocycles. The zero-order valence-corrected chi connectivity index (χ0v) is 9.89. The first kappa shape index (κ1) is 12.2. The highest BCUT2D eigenvalue weighted by Crippen LogP contribution is 2.13. The van der Waals surface area contributed by atoms with Crippen molar-refractivity contribution in [2.24, 2.45) is 0 Å². The molecule has 0 fully saturated rings. The summed E-state index contributed by atoms with van der Waals surface area (Å²) >= 11 is 0. The van der Waals surface area contributed by atoms with Crippen molar-refractivity contribution < 1.29 is 9.90 Å². The number of nitrogens with zero attached hydrogens (tertiary/aromatic N) is 5. The highest BCUT2D eigenvalue weighted by molar-refractivity contribution is 5.67. The molecule has 0 saturated heterocycles. The molecule has 1 unspecified atom stereocenters. The van der Waals surface area contributed by atoms with E-state index in [2.05, 4.69) is 20.5 Å². The Labute approximate surface area is 103 Å². The number of carbonyl (C=O) groups is 1. The molecule has 0 aromatic carbocycles. The minimum atomic E-state index is -0.870. The van der Waals surface area contributed by atoms with E-state index in [-0.39, 0.29) is 12.5 Å². The van der Waals surface area contributed by atoms with Gasteiger partial charge in [-0.2, -0.15) is 0 Å². The van der Waals surface area contributed by atoms with Gasteiger partial charge in [0.25, 0.3) is 0 Å². The summed E-state index contributed by atoms with van der Waals surface area (Å²) < 4.78 is 1.54. The van der Waals surface area contributed by atoms with Gasteiger partial charge in [-0.15, -0.1) is 5.10 Å². The molecule has 2 aromatic rings. The molecule has 2 aromatic heterocycles. The molecule has 94 valence electrons. The Morgan fingerprint density at radius 3 is 3.06 bits per heavy atom. The average molecular weight is 247 g/mol. The van der Waals surface area contributed by atoms with E-state index in [1.165, 1.54) is 0 Å². The van der Waals surface area contributed by atoms with Crippen LogP contribution in [-0.2, 0) is 11.2 Å². The van der Waals surface area contributed by atoms with E-state index in [0.29, 0.717) is 12.2 Å². The van der Waals surface area contributed by atoms with E-state index >= 15 is 0 Å². The third kappa shape index (κ3) is 2.88. The topological polar surface area (TPSA) is 93.8 Å². The number of carboxylic acids is 1. The van der Waals surface area contributed by atoms with Gasteiger partial charge in [0.1, 0.15) is 0 Å². The quantitative estimate of drug-likeness (QED) is 0.835. The van der Waals surface area contributed by atoms with Gasteiger partial charge in [0.05, 0.1) is 12.5 Å². The van der Waals surface area contributed by atoms with Crippen molar-refractivity contribution in [3.63, 3.8) is 0 Å². The zero-order valence-electron chi connectivity index (χ0n) is 9.89. The summed E-state index contributed by atoms with van der Waals surface area (Å²) in [6.07, 6.45) is 3.95. The Bertz CT molecular complexity index is 525. The monoisotopic (exact) mass is 247 g/mol. The van der Waals surface area contributed by atoms with Crippen LogP contribution in [0, 0.1) is 0 Å². The number of pyridine rings is 1. The Morgan fingerprint density at radius 2 is 2.39 bits per heavy atom. The van der Waals surface area contributed by atoms with Gasteiger partial charge in [0.15, 0.2) is 5.82 Å². The molecule has 2 heterocycles. The van der Waals surface area contributed by atoms with Crippen molar-refractivity contribution in [1.82, 2.24) is 25.2 Å². The normalized spacial score (nSPS) is 12.3. The molecule has 2 rings (SSSR count). The molecule has 0 saturated carbocycles. The van der Waals surface area contributed by atoms with Crippen LogP contribution in [0.1, 0.15) is 30.8 Å². The van der Waals surface area contributed by atoms with Crippen LogP contribution in [0.3, 0.4) is 0 Å². The van der Waals surface area contributed by atoms with Crippen molar-refractivity contribution in [2.45, 2.75) is 25.8 Å². The lowest BCUT2D eigenvalue weighted by molar-refractivity contribution is -0.137. The van der Waals surface area contributed by atoms with Gasteiger partial charge in [0, 0.05) is 18.8 Å². The van der Waals surface area contributed by atoms with Crippen LogP contribution in [0.15, 0.2) is 24.5 Å². The van der Waals surface area contributed by atoms with Crippen LogP contribution < -0.4 is 0 Å². The predicted octanol–water partition coefficient (Wildman–Crippen LogP) is 0.695. The summed E-state index contributed by atoms with van der Waals surface area (Å²) in [5.74, 6) is -0.234. The van der Waals surface area contributed by atoms with E-state index in [1.807, 2.05) is 12.1 Å². The molecule has 0 bridgehead atoms. The van der Waals surface area contributed by atoms with Crippen LogP contribution >= 0.6 is 0 Å². The van der Waals surface area contributed by atoms with Crippen LogP contribution in [0.5, 0.6) is 0 Å². The van der Waals surface area contributed by atoms with E-state index < -0.39 is 5.97 Å². The van der Waals surface area contributed by atoms with E-state index in [9.17, 15) is 4.79 Å². The summed E-state index contributed by atoms with van der Waals surface area (Å²) in [4.78, 5) is 14.7. The minimum absolute atomic E-state index is 0.00885. The van der Waals surface area contributed by atoms with Gasteiger partial charge >= 0.3 is 5.97 Å². The summed E-state index contributed by atoms with van der Waals surface area (Å²) in [7, 11) is 0. The Balaban J connectivity index is 2.15. The Hall–Kier alpha value is -2.31. The maximum atomic E-state index is 10.7. The van der Waals surface area contributed by atoms with Gasteiger partial charge in [0.2, 0.25) is 0 Å².